The average molecular weight is 210 g/mol. The Morgan fingerprint density at radius 1 is 1.13 bits per heavy atom. The molecule has 0 heterocycles. The van der Waals surface area contributed by atoms with Crippen LogP contribution in [0.5, 0.6) is 0 Å². The minimum absolute atomic E-state index is 0.783. The van der Waals surface area contributed by atoms with Crippen molar-refractivity contribution < 1.29 is 0 Å². The van der Waals surface area contributed by atoms with Crippen LogP contribution in [0.1, 0.15) is 52.4 Å². The normalized spacial score (nSPS) is 31.4. The number of rotatable bonds is 6. The summed E-state index contributed by atoms with van der Waals surface area (Å²) in [6, 6.07) is 2.56. The monoisotopic (exact) mass is 210 g/mol. The van der Waals surface area contributed by atoms with Crippen molar-refractivity contribution in [2.75, 3.05) is 13.1 Å². The fourth-order valence-electron chi connectivity index (χ4n) is 3.07. The molecule has 0 aromatic rings. The van der Waals surface area contributed by atoms with E-state index in [1.165, 1.54) is 51.6 Å². The Labute approximate surface area is 94.4 Å². The molecule has 0 aromatic heterocycles. The fraction of sp³-hybridized carbons (Fsp3) is 1.00. The van der Waals surface area contributed by atoms with Crippen LogP contribution in [0.25, 0.3) is 0 Å². The first kappa shape index (κ1) is 11.4. The van der Waals surface area contributed by atoms with E-state index in [0.717, 1.165) is 18.1 Å². The molecule has 0 aromatic carbocycles. The summed E-state index contributed by atoms with van der Waals surface area (Å²) in [7, 11) is 0. The summed E-state index contributed by atoms with van der Waals surface area (Å²) in [5.74, 6) is 0. The van der Waals surface area contributed by atoms with Crippen molar-refractivity contribution in [3.8, 4) is 0 Å². The first-order valence-corrected chi connectivity index (χ1v) is 6.86. The zero-order chi connectivity index (χ0) is 10.7. The van der Waals surface area contributed by atoms with Crippen molar-refractivity contribution in [3.05, 3.63) is 0 Å². The van der Waals surface area contributed by atoms with Crippen LogP contribution < -0.4 is 5.32 Å². The van der Waals surface area contributed by atoms with Gasteiger partial charge in [0.2, 0.25) is 0 Å². The van der Waals surface area contributed by atoms with Gasteiger partial charge in [-0.05, 0) is 45.2 Å². The summed E-state index contributed by atoms with van der Waals surface area (Å²) in [4.78, 5) is 2.76. The molecule has 1 N–H and O–H groups in total. The van der Waals surface area contributed by atoms with E-state index in [-0.39, 0.29) is 0 Å². The predicted octanol–water partition coefficient (Wildman–Crippen LogP) is 2.39. The first-order valence-electron chi connectivity index (χ1n) is 6.86. The standard InChI is InChI=1S/C13H26N2/c1-3-10-14-12-6-5-7-13(12)15(4-2)11-8-9-11/h11-14H,3-10H2,1-2H3. The molecular formula is C13H26N2. The van der Waals surface area contributed by atoms with Crippen LogP contribution in [0.3, 0.4) is 0 Å². The van der Waals surface area contributed by atoms with Crippen LogP contribution in [0.2, 0.25) is 0 Å². The Balaban J connectivity index is 1.87. The van der Waals surface area contributed by atoms with Crippen molar-refractivity contribution in [1.29, 1.82) is 0 Å². The molecule has 2 atom stereocenters. The number of likely N-dealkylation sites (N-methyl/N-ethyl adjacent to an activating group) is 1. The maximum atomic E-state index is 3.74. The molecule has 2 nitrogen and oxygen atoms in total. The molecule has 2 aliphatic carbocycles. The SMILES string of the molecule is CCCNC1CCCC1N(CC)C1CC1. The lowest BCUT2D eigenvalue weighted by Crippen LogP contribution is -2.48. The minimum atomic E-state index is 0.783. The summed E-state index contributed by atoms with van der Waals surface area (Å²) >= 11 is 0. The Bertz CT molecular complexity index is 189. The van der Waals surface area contributed by atoms with Crippen LogP contribution >= 0.6 is 0 Å². The average Bonchev–Trinajstić information content (AvgIpc) is 2.97. The van der Waals surface area contributed by atoms with E-state index in [1.807, 2.05) is 0 Å². The Hall–Kier alpha value is -0.0800. The maximum Gasteiger partial charge on any atom is 0.0252 e. The van der Waals surface area contributed by atoms with Gasteiger partial charge in [0.05, 0.1) is 0 Å². The molecule has 0 saturated heterocycles. The molecule has 2 saturated carbocycles. The maximum absolute atomic E-state index is 3.74. The van der Waals surface area contributed by atoms with Gasteiger partial charge in [-0.1, -0.05) is 20.3 Å². The number of hydrogen-bond acceptors (Lipinski definition) is 2. The third-order valence-electron chi connectivity index (χ3n) is 3.94. The first-order chi connectivity index (χ1) is 7.36. The Kier molecular flexibility index (Phi) is 4.04. The van der Waals surface area contributed by atoms with E-state index in [9.17, 15) is 0 Å². The highest BCUT2D eigenvalue weighted by atomic mass is 15.2. The van der Waals surface area contributed by atoms with Crippen LogP contribution in [0.15, 0.2) is 0 Å². The van der Waals surface area contributed by atoms with Crippen molar-refractivity contribution >= 4 is 0 Å². The molecule has 2 fully saturated rings. The molecule has 2 heteroatoms. The molecule has 2 rings (SSSR count). The van der Waals surface area contributed by atoms with E-state index in [4.69, 9.17) is 0 Å². The lowest BCUT2D eigenvalue weighted by atomic mass is 10.1. The molecule has 0 spiro atoms. The molecule has 0 aliphatic heterocycles. The Morgan fingerprint density at radius 3 is 2.53 bits per heavy atom. The van der Waals surface area contributed by atoms with Crippen LogP contribution in [0.4, 0.5) is 0 Å². The van der Waals surface area contributed by atoms with Crippen LogP contribution in [0, 0.1) is 0 Å². The van der Waals surface area contributed by atoms with Gasteiger partial charge in [-0.25, -0.2) is 0 Å². The highest BCUT2D eigenvalue weighted by Crippen LogP contribution is 2.34. The molecule has 2 unspecified atom stereocenters. The highest BCUT2D eigenvalue weighted by molar-refractivity contribution is 4.96. The third-order valence-corrected chi connectivity index (χ3v) is 3.94. The molecule has 2 aliphatic rings. The quantitative estimate of drug-likeness (QED) is 0.724. The van der Waals surface area contributed by atoms with Gasteiger partial charge < -0.3 is 5.32 Å². The molecule has 0 radical (unpaired) electrons. The van der Waals surface area contributed by atoms with E-state index in [1.54, 1.807) is 0 Å². The smallest absolute Gasteiger partial charge is 0.0252 e. The van der Waals surface area contributed by atoms with Gasteiger partial charge in [0, 0.05) is 18.1 Å². The lowest BCUT2D eigenvalue weighted by molar-refractivity contribution is 0.171. The minimum Gasteiger partial charge on any atom is -0.312 e. The topological polar surface area (TPSA) is 15.3 Å². The largest absolute Gasteiger partial charge is 0.312 e. The van der Waals surface area contributed by atoms with Crippen molar-refractivity contribution in [1.82, 2.24) is 10.2 Å². The van der Waals surface area contributed by atoms with E-state index in [2.05, 4.69) is 24.1 Å². The summed E-state index contributed by atoms with van der Waals surface area (Å²) in [5, 5.41) is 3.74. The predicted molar refractivity (Wildman–Crippen MR) is 65.1 cm³/mol. The van der Waals surface area contributed by atoms with Crippen molar-refractivity contribution in [3.63, 3.8) is 0 Å². The van der Waals surface area contributed by atoms with Gasteiger partial charge in [0.25, 0.3) is 0 Å². The van der Waals surface area contributed by atoms with E-state index >= 15 is 0 Å². The van der Waals surface area contributed by atoms with E-state index in [0.29, 0.717) is 0 Å². The van der Waals surface area contributed by atoms with Gasteiger partial charge in [-0.15, -0.1) is 0 Å². The zero-order valence-corrected chi connectivity index (χ0v) is 10.3. The second-order valence-electron chi connectivity index (χ2n) is 5.12. The van der Waals surface area contributed by atoms with Gasteiger partial charge in [-0.2, -0.15) is 0 Å². The summed E-state index contributed by atoms with van der Waals surface area (Å²) in [5.41, 5.74) is 0. The van der Waals surface area contributed by atoms with Gasteiger partial charge in [0.1, 0.15) is 0 Å². The second-order valence-corrected chi connectivity index (χ2v) is 5.12. The van der Waals surface area contributed by atoms with Crippen LogP contribution in [-0.2, 0) is 0 Å². The molecule has 15 heavy (non-hydrogen) atoms. The number of nitrogens with one attached hydrogen (secondary N) is 1. The number of nitrogens with zero attached hydrogens (tertiary/aromatic N) is 1. The summed E-state index contributed by atoms with van der Waals surface area (Å²) in [6.45, 7) is 7.03. The zero-order valence-electron chi connectivity index (χ0n) is 10.3. The molecule has 0 amide bonds. The van der Waals surface area contributed by atoms with E-state index < -0.39 is 0 Å². The Morgan fingerprint density at radius 2 is 1.93 bits per heavy atom. The lowest BCUT2D eigenvalue weighted by Gasteiger charge is -2.32. The summed E-state index contributed by atoms with van der Waals surface area (Å²) < 4.78 is 0. The third kappa shape index (κ3) is 2.73. The second kappa shape index (κ2) is 5.31. The number of hydrogen-bond donors (Lipinski definition) is 1. The van der Waals surface area contributed by atoms with Gasteiger partial charge in [0.15, 0.2) is 0 Å². The molecular weight excluding hydrogens is 184 g/mol. The van der Waals surface area contributed by atoms with Crippen LogP contribution in [-0.4, -0.2) is 36.1 Å². The highest BCUT2D eigenvalue weighted by Gasteiger charge is 2.38. The van der Waals surface area contributed by atoms with Gasteiger partial charge in [-0.3, -0.25) is 4.90 Å². The molecule has 88 valence electrons. The summed E-state index contributed by atoms with van der Waals surface area (Å²) in [6.07, 6.45) is 8.41. The fourth-order valence-corrected chi connectivity index (χ4v) is 3.07. The van der Waals surface area contributed by atoms with Crippen molar-refractivity contribution in [2.45, 2.75) is 70.5 Å². The molecule has 0 bridgehead atoms. The van der Waals surface area contributed by atoms with Gasteiger partial charge >= 0.3 is 0 Å². The van der Waals surface area contributed by atoms with Crippen molar-refractivity contribution in [2.24, 2.45) is 0 Å².